The molecule has 4 nitrogen and oxygen atoms in total. The molecule has 1 N–H and O–H groups in total. The smallest absolute Gasteiger partial charge is 0.241 e. The van der Waals surface area contributed by atoms with E-state index in [1.807, 2.05) is 38.1 Å². The zero-order valence-corrected chi connectivity index (χ0v) is 16.5. The van der Waals surface area contributed by atoms with Gasteiger partial charge in [-0.25, -0.2) is 13.1 Å². The molecule has 0 spiro atoms. The minimum absolute atomic E-state index is 0.309. The van der Waals surface area contributed by atoms with Crippen LogP contribution in [-0.2, 0) is 23.1 Å². The minimum atomic E-state index is -3.51. The number of aryl methyl sites for hydroxylation is 2. The van der Waals surface area contributed by atoms with Gasteiger partial charge in [0.25, 0.3) is 0 Å². The van der Waals surface area contributed by atoms with Crippen molar-refractivity contribution in [2.75, 3.05) is 13.1 Å². The Morgan fingerprint density at radius 1 is 0.962 bits per heavy atom. The topological polar surface area (TPSA) is 49.4 Å². The molecule has 5 heteroatoms. The summed E-state index contributed by atoms with van der Waals surface area (Å²) >= 11 is 0. The van der Waals surface area contributed by atoms with Crippen LogP contribution in [0.1, 0.15) is 41.5 Å². The Labute approximate surface area is 157 Å². The van der Waals surface area contributed by atoms with E-state index in [4.69, 9.17) is 0 Å². The van der Waals surface area contributed by atoms with Crippen LogP contribution in [0.5, 0.6) is 0 Å². The molecule has 1 heterocycles. The van der Waals surface area contributed by atoms with Crippen molar-refractivity contribution < 1.29 is 8.42 Å². The molecule has 1 aliphatic heterocycles. The molecule has 26 heavy (non-hydrogen) atoms. The summed E-state index contributed by atoms with van der Waals surface area (Å²) in [6.45, 7) is 7.30. The highest BCUT2D eigenvalue weighted by Gasteiger charge is 2.17. The summed E-state index contributed by atoms with van der Waals surface area (Å²) in [6.07, 6.45) is 3.88. The maximum Gasteiger partial charge on any atom is 0.241 e. The van der Waals surface area contributed by atoms with Crippen molar-refractivity contribution in [3.63, 3.8) is 0 Å². The highest BCUT2D eigenvalue weighted by Crippen LogP contribution is 2.18. The lowest BCUT2D eigenvalue weighted by Crippen LogP contribution is -2.29. The van der Waals surface area contributed by atoms with Gasteiger partial charge in [0.2, 0.25) is 10.0 Å². The Hall–Kier alpha value is -1.69. The van der Waals surface area contributed by atoms with Crippen LogP contribution >= 0.6 is 0 Å². The van der Waals surface area contributed by atoms with Gasteiger partial charge in [0.15, 0.2) is 0 Å². The molecule has 3 rings (SSSR count). The van der Waals surface area contributed by atoms with Crippen LogP contribution in [0.4, 0.5) is 0 Å². The number of nitrogens with zero attached hydrogens (tertiary/aromatic N) is 1. The van der Waals surface area contributed by atoms with Crippen molar-refractivity contribution in [1.29, 1.82) is 0 Å². The van der Waals surface area contributed by atoms with Crippen LogP contribution in [-0.4, -0.2) is 26.4 Å². The molecule has 0 aromatic heterocycles. The minimum Gasteiger partial charge on any atom is -0.299 e. The molecular weight excluding hydrogens is 344 g/mol. The van der Waals surface area contributed by atoms with Gasteiger partial charge in [-0.05, 0) is 68.1 Å². The second kappa shape index (κ2) is 8.33. The zero-order valence-electron chi connectivity index (χ0n) is 15.7. The lowest BCUT2D eigenvalue weighted by molar-refractivity contribution is 0.221. The van der Waals surface area contributed by atoms with Crippen molar-refractivity contribution in [3.05, 3.63) is 64.7 Å². The molecule has 0 aliphatic carbocycles. The van der Waals surface area contributed by atoms with Crippen molar-refractivity contribution in [2.45, 2.75) is 51.1 Å². The molecule has 0 amide bonds. The molecule has 2 aromatic carbocycles. The summed E-state index contributed by atoms with van der Waals surface area (Å²) in [7, 11) is -3.51. The molecule has 0 unspecified atom stereocenters. The Morgan fingerprint density at radius 2 is 1.69 bits per heavy atom. The number of piperidine rings is 1. The molecule has 0 bridgehead atoms. The Kier molecular flexibility index (Phi) is 6.12. The molecular formula is C21H28N2O2S. The van der Waals surface area contributed by atoms with Crippen LogP contribution in [0, 0.1) is 13.8 Å². The molecule has 1 aliphatic rings. The van der Waals surface area contributed by atoms with Gasteiger partial charge in [0.05, 0.1) is 4.90 Å². The number of sulfonamides is 1. The van der Waals surface area contributed by atoms with Gasteiger partial charge in [-0.1, -0.05) is 42.8 Å². The number of nitrogens with one attached hydrogen (secondary N) is 1. The van der Waals surface area contributed by atoms with Crippen LogP contribution in [0.2, 0.25) is 0 Å². The summed E-state index contributed by atoms with van der Waals surface area (Å²) in [5.41, 5.74) is 3.95. The van der Waals surface area contributed by atoms with Gasteiger partial charge < -0.3 is 0 Å². The SMILES string of the molecule is Cc1ccc(C)c(S(=O)(=O)NCc2cccc(CN3CCCCC3)c2)c1. The lowest BCUT2D eigenvalue weighted by Gasteiger charge is -2.26. The first-order valence-electron chi connectivity index (χ1n) is 9.31. The second-order valence-corrected chi connectivity index (χ2v) is 8.99. The predicted molar refractivity (Wildman–Crippen MR) is 106 cm³/mol. The summed E-state index contributed by atoms with van der Waals surface area (Å²) in [5.74, 6) is 0. The second-order valence-electron chi connectivity index (χ2n) is 7.25. The average Bonchev–Trinajstić information content (AvgIpc) is 2.63. The molecule has 0 saturated carbocycles. The predicted octanol–water partition coefficient (Wildman–Crippen LogP) is 3.77. The number of hydrogen-bond acceptors (Lipinski definition) is 3. The highest BCUT2D eigenvalue weighted by atomic mass is 32.2. The summed E-state index contributed by atoms with van der Waals surface area (Å²) in [4.78, 5) is 2.84. The van der Waals surface area contributed by atoms with E-state index in [1.54, 1.807) is 6.07 Å². The Bertz CT molecular complexity index is 856. The maximum absolute atomic E-state index is 12.7. The van der Waals surface area contributed by atoms with Gasteiger partial charge >= 0.3 is 0 Å². The molecule has 2 aromatic rings. The van der Waals surface area contributed by atoms with Crippen molar-refractivity contribution in [3.8, 4) is 0 Å². The quantitative estimate of drug-likeness (QED) is 0.840. The Balaban J connectivity index is 1.67. The summed E-state index contributed by atoms with van der Waals surface area (Å²) in [5, 5.41) is 0. The normalized spacial score (nSPS) is 15.9. The van der Waals surface area contributed by atoms with Gasteiger partial charge in [0, 0.05) is 13.1 Å². The van der Waals surface area contributed by atoms with Crippen LogP contribution in [0.15, 0.2) is 47.4 Å². The van der Waals surface area contributed by atoms with Crippen molar-refractivity contribution >= 4 is 10.0 Å². The summed E-state index contributed by atoms with van der Waals surface area (Å²) < 4.78 is 28.1. The molecule has 1 saturated heterocycles. The monoisotopic (exact) mass is 372 g/mol. The fourth-order valence-electron chi connectivity index (χ4n) is 3.47. The van der Waals surface area contributed by atoms with E-state index in [-0.39, 0.29) is 0 Å². The number of likely N-dealkylation sites (tertiary alicyclic amines) is 1. The maximum atomic E-state index is 12.7. The molecule has 0 atom stereocenters. The van der Waals surface area contributed by atoms with Crippen LogP contribution < -0.4 is 4.72 Å². The molecule has 0 radical (unpaired) electrons. The lowest BCUT2D eigenvalue weighted by atomic mass is 10.1. The van der Waals surface area contributed by atoms with Crippen molar-refractivity contribution in [2.24, 2.45) is 0 Å². The molecule has 140 valence electrons. The third-order valence-corrected chi connectivity index (χ3v) is 6.49. The largest absolute Gasteiger partial charge is 0.299 e. The first-order valence-corrected chi connectivity index (χ1v) is 10.8. The summed E-state index contributed by atoms with van der Waals surface area (Å²) in [6, 6.07) is 13.7. The number of benzene rings is 2. The van der Waals surface area contributed by atoms with Gasteiger partial charge in [-0.3, -0.25) is 4.90 Å². The van der Waals surface area contributed by atoms with Crippen LogP contribution in [0.25, 0.3) is 0 Å². The first kappa shape index (κ1) is 19.1. The van der Waals surface area contributed by atoms with E-state index in [2.05, 4.69) is 21.8 Å². The number of hydrogen-bond donors (Lipinski definition) is 1. The van der Waals surface area contributed by atoms with Crippen LogP contribution in [0.3, 0.4) is 0 Å². The molecule has 1 fully saturated rings. The van der Waals surface area contributed by atoms with E-state index in [0.29, 0.717) is 11.4 Å². The first-order chi connectivity index (χ1) is 12.4. The third kappa shape index (κ3) is 4.93. The fraction of sp³-hybridized carbons (Fsp3) is 0.429. The highest BCUT2D eigenvalue weighted by molar-refractivity contribution is 7.89. The van der Waals surface area contributed by atoms with Gasteiger partial charge in [-0.15, -0.1) is 0 Å². The Morgan fingerprint density at radius 3 is 2.46 bits per heavy atom. The third-order valence-electron chi connectivity index (χ3n) is 4.95. The van der Waals surface area contributed by atoms with E-state index in [1.165, 1.54) is 24.8 Å². The standard InChI is InChI=1S/C21H28N2O2S/c1-17-9-10-18(2)21(13-17)26(24,25)22-15-19-7-6-8-20(14-19)16-23-11-4-3-5-12-23/h6-10,13-14,22H,3-5,11-12,15-16H2,1-2H3. The average molecular weight is 373 g/mol. The van der Waals surface area contributed by atoms with E-state index in [0.717, 1.165) is 36.3 Å². The van der Waals surface area contributed by atoms with Crippen molar-refractivity contribution in [1.82, 2.24) is 9.62 Å². The number of rotatable bonds is 6. The van der Waals surface area contributed by atoms with E-state index >= 15 is 0 Å². The van der Waals surface area contributed by atoms with E-state index in [9.17, 15) is 8.42 Å². The fourth-order valence-corrected chi connectivity index (χ4v) is 4.81. The zero-order chi connectivity index (χ0) is 18.6. The van der Waals surface area contributed by atoms with E-state index < -0.39 is 10.0 Å². The van der Waals surface area contributed by atoms with Gasteiger partial charge in [0.1, 0.15) is 0 Å². The van der Waals surface area contributed by atoms with Gasteiger partial charge in [-0.2, -0.15) is 0 Å².